The van der Waals surface area contributed by atoms with Crippen LogP contribution in [-0.2, 0) is 14.8 Å². The molecule has 9 heteroatoms. The zero-order valence-corrected chi connectivity index (χ0v) is 15.0. The van der Waals surface area contributed by atoms with Crippen LogP contribution in [0.1, 0.15) is 18.3 Å². The minimum atomic E-state index is -3.65. The molecule has 0 saturated carbocycles. The first-order valence-electron chi connectivity index (χ1n) is 7.12. The van der Waals surface area contributed by atoms with Gasteiger partial charge in [-0.25, -0.2) is 13.1 Å². The molecule has 1 aromatic carbocycles. The predicted molar refractivity (Wildman–Crippen MR) is 90.6 cm³/mol. The summed E-state index contributed by atoms with van der Waals surface area (Å²) in [4.78, 5) is 11.8. The number of rotatable bonds is 8. The van der Waals surface area contributed by atoms with Crippen molar-refractivity contribution in [1.82, 2.24) is 10.0 Å². The van der Waals surface area contributed by atoms with E-state index in [0.29, 0.717) is 5.76 Å². The number of carbonyl (C=O) groups is 1. The molecule has 0 bridgehead atoms. The van der Waals surface area contributed by atoms with Crippen molar-refractivity contribution in [1.29, 1.82) is 0 Å². The van der Waals surface area contributed by atoms with Crippen LogP contribution in [0, 0.1) is 0 Å². The van der Waals surface area contributed by atoms with E-state index in [1.165, 1.54) is 18.4 Å². The van der Waals surface area contributed by atoms with Crippen LogP contribution in [0.25, 0.3) is 0 Å². The van der Waals surface area contributed by atoms with Gasteiger partial charge < -0.3 is 14.8 Å². The lowest BCUT2D eigenvalue weighted by Crippen LogP contribution is -2.32. The lowest BCUT2D eigenvalue weighted by molar-refractivity contribution is -0.121. The molecule has 0 aliphatic rings. The van der Waals surface area contributed by atoms with E-state index in [4.69, 9.17) is 4.42 Å². The van der Waals surface area contributed by atoms with E-state index < -0.39 is 16.1 Å². The molecule has 1 aromatic heterocycles. The smallest absolute Gasteiger partial charge is 0.240 e. The third-order valence-electron chi connectivity index (χ3n) is 3.13. The average molecular weight is 417 g/mol. The number of hydrogen-bond donors (Lipinski definition) is 3. The standard InChI is InChI=1S/C15H17BrN2O5S/c16-11-3-5-12(6-4-11)24(21,22)18-8-7-15(20)17-10-13(19)14-2-1-9-23-14/h1-6,9,13,18-19H,7-8,10H2,(H,17,20). The molecule has 130 valence electrons. The maximum atomic E-state index is 12.0. The molecule has 7 nitrogen and oxygen atoms in total. The largest absolute Gasteiger partial charge is 0.467 e. The van der Waals surface area contributed by atoms with Gasteiger partial charge in [-0.1, -0.05) is 15.9 Å². The molecule has 2 rings (SSSR count). The Balaban J connectivity index is 1.75. The normalized spacial score (nSPS) is 12.8. The lowest BCUT2D eigenvalue weighted by atomic mass is 10.2. The summed E-state index contributed by atoms with van der Waals surface area (Å²) in [5, 5.41) is 12.3. The van der Waals surface area contributed by atoms with Crippen LogP contribution in [0.3, 0.4) is 0 Å². The van der Waals surface area contributed by atoms with Crippen molar-refractivity contribution in [2.75, 3.05) is 13.1 Å². The average Bonchev–Trinajstić information content (AvgIpc) is 3.07. The molecule has 0 saturated heterocycles. The first kappa shape index (κ1) is 18.7. The molecule has 1 amide bonds. The highest BCUT2D eigenvalue weighted by Crippen LogP contribution is 2.14. The molecular weight excluding hydrogens is 400 g/mol. The van der Waals surface area contributed by atoms with Crippen LogP contribution in [0.4, 0.5) is 0 Å². The monoisotopic (exact) mass is 416 g/mol. The molecule has 0 fully saturated rings. The third kappa shape index (κ3) is 5.45. The SMILES string of the molecule is O=C(CCNS(=O)(=O)c1ccc(Br)cc1)NCC(O)c1ccco1. The zero-order valence-electron chi connectivity index (χ0n) is 12.6. The fraction of sp³-hybridized carbons (Fsp3) is 0.267. The second kappa shape index (κ2) is 8.43. The number of hydrogen-bond acceptors (Lipinski definition) is 5. The number of sulfonamides is 1. The highest BCUT2D eigenvalue weighted by molar-refractivity contribution is 9.10. The van der Waals surface area contributed by atoms with Crippen molar-refractivity contribution in [2.45, 2.75) is 17.4 Å². The van der Waals surface area contributed by atoms with Gasteiger partial charge >= 0.3 is 0 Å². The number of aliphatic hydroxyl groups is 1. The number of amides is 1. The fourth-order valence-electron chi connectivity index (χ4n) is 1.88. The Labute approximate surface area is 148 Å². The van der Waals surface area contributed by atoms with E-state index in [2.05, 4.69) is 26.0 Å². The summed E-state index contributed by atoms with van der Waals surface area (Å²) in [5.74, 6) is -0.0228. The Hall–Kier alpha value is -1.68. The molecule has 0 aliphatic carbocycles. The topological polar surface area (TPSA) is 109 Å². The van der Waals surface area contributed by atoms with Crippen LogP contribution in [0.2, 0.25) is 0 Å². The highest BCUT2D eigenvalue weighted by atomic mass is 79.9. The van der Waals surface area contributed by atoms with Crippen molar-refractivity contribution in [2.24, 2.45) is 0 Å². The number of carbonyl (C=O) groups excluding carboxylic acids is 1. The summed E-state index contributed by atoms with van der Waals surface area (Å²) in [6.45, 7) is -0.0487. The van der Waals surface area contributed by atoms with Gasteiger partial charge in [0.2, 0.25) is 15.9 Å². The molecule has 0 radical (unpaired) electrons. The second-order valence-corrected chi connectivity index (χ2v) is 7.62. The summed E-state index contributed by atoms with van der Waals surface area (Å²) >= 11 is 3.23. The Morgan fingerprint density at radius 2 is 1.96 bits per heavy atom. The van der Waals surface area contributed by atoms with Gasteiger partial charge in [-0.3, -0.25) is 4.79 Å². The van der Waals surface area contributed by atoms with Gasteiger partial charge in [0.1, 0.15) is 11.9 Å². The molecule has 0 aliphatic heterocycles. The molecule has 1 atom stereocenters. The zero-order chi connectivity index (χ0) is 17.6. The van der Waals surface area contributed by atoms with Crippen molar-refractivity contribution in [3.63, 3.8) is 0 Å². The van der Waals surface area contributed by atoms with Gasteiger partial charge in [0.25, 0.3) is 0 Å². The van der Waals surface area contributed by atoms with E-state index >= 15 is 0 Å². The van der Waals surface area contributed by atoms with Crippen LogP contribution < -0.4 is 10.0 Å². The predicted octanol–water partition coefficient (Wildman–Crippen LogP) is 1.56. The Morgan fingerprint density at radius 1 is 1.25 bits per heavy atom. The maximum absolute atomic E-state index is 12.0. The van der Waals surface area contributed by atoms with Gasteiger partial charge in [-0.15, -0.1) is 0 Å². The minimum Gasteiger partial charge on any atom is -0.467 e. The van der Waals surface area contributed by atoms with Crippen molar-refractivity contribution < 1.29 is 22.7 Å². The number of nitrogens with one attached hydrogen (secondary N) is 2. The highest BCUT2D eigenvalue weighted by Gasteiger charge is 2.15. The van der Waals surface area contributed by atoms with Gasteiger partial charge in [0.05, 0.1) is 17.7 Å². The maximum Gasteiger partial charge on any atom is 0.240 e. The molecule has 2 aromatic rings. The molecule has 1 unspecified atom stereocenters. The molecule has 24 heavy (non-hydrogen) atoms. The Morgan fingerprint density at radius 3 is 2.58 bits per heavy atom. The number of halogens is 1. The van der Waals surface area contributed by atoms with E-state index in [-0.39, 0.29) is 30.3 Å². The van der Waals surface area contributed by atoms with E-state index in [1.807, 2.05) is 0 Å². The van der Waals surface area contributed by atoms with Crippen molar-refractivity contribution in [3.05, 3.63) is 52.9 Å². The number of furan rings is 1. The quantitative estimate of drug-likeness (QED) is 0.604. The summed E-state index contributed by atoms with van der Waals surface area (Å²) < 4.78 is 32.2. The van der Waals surface area contributed by atoms with Crippen LogP contribution in [-0.4, -0.2) is 32.5 Å². The van der Waals surface area contributed by atoms with Gasteiger partial charge in [-0.05, 0) is 36.4 Å². The molecule has 3 N–H and O–H groups in total. The minimum absolute atomic E-state index is 0.00813. The second-order valence-electron chi connectivity index (χ2n) is 4.94. The summed E-state index contributed by atoms with van der Waals surface area (Å²) in [5.41, 5.74) is 0. The van der Waals surface area contributed by atoms with Crippen molar-refractivity contribution in [3.8, 4) is 0 Å². The van der Waals surface area contributed by atoms with Crippen molar-refractivity contribution >= 4 is 31.9 Å². The molecular formula is C15H17BrN2O5S. The first-order chi connectivity index (χ1) is 11.4. The summed E-state index contributed by atoms with van der Waals surface area (Å²) in [6.07, 6.45) is 0.446. The number of benzene rings is 1. The van der Waals surface area contributed by atoms with E-state index in [0.717, 1.165) is 4.47 Å². The van der Waals surface area contributed by atoms with Gasteiger partial charge in [0, 0.05) is 17.4 Å². The Kier molecular flexibility index (Phi) is 6.55. The summed E-state index contributed by atoms with van der Waals surface area (Å²) in [6, 6.07) is 9.41. The third-order valence-corrected chi connectivity index (χ3v) is 5.14. The number of aliphatic hydroxyl groups excluding tert-OH is 1. The van der Waals surface area contributed by atoms with Crippen LogP contribution in [0.5, 0.6) is 0 Å². The van der Waals surface area contributed by atoms with E-state index in [1.54, 1.807) is 24.3 Å². The van der Waals surface area contributed by atoms with Gasteiger partial charge in [0.15, 0.2) is 0 Å². The molecule has 0 spiro atoms. The fourth-order valence-corrected chi connectivity index (χ4v) is 3.17. The molecule has 1 heterocycles. The van der Waals surface area contributed by atoms with E-state index in [9.17, 15) is 18.3 Å². The lowest BCUT2D eigenvalue weighted by Gasteiger charge is -2.10. The van der Waals surface area contributed by atoms with Crippen LogP contribution >= 0.6 is 15.9 Å². The Bertz CT molecular complexity index is 760. The van der Waals surface area contributed by atoms with Gasteiger partial charge in [-0.2, -0.15) is 0 Å². The summed E-state index contributed by atoms with van der Waals surface area (Å²) in [7, 11) is -3.65. The first-order valence-corrected chi connectivity index (χ1v) is 9.39. The van der Waals surface area contributed by atoms with Crippen LogP contribution in [0.15, 0.2) is 56.4 Å².